The Bertz CT molecular complexity index is 1120. The molecule has 0 atom stereocenters. The van der Waals surface area contributed by atoms with Gasteiger partial charge in [0.2, 0.25) is 0 Å². The normalized spacial score (nSPS) is 10.4. The standard InChI is InChI=1S/C20H13FN4/c21-17-9-7-14(12-18(17)22)6-8-16-13-19(15-4-2-1-3-5-15)24-25-11-10-23-20(16)25/h1-5,7,9-13H,22H2. The predicted octanol–water partition coefficient (Wildman–Crippen LogP) is 3.52. The molecule has 5 heteroatoms. The minimum absolute atomic E-state index is 0.0810. The second-order valence-electron chi connectivity index (χ2n) is 5.49. The molecular weight excluding hydrogens is 315 g/mol. The van der Waals surface area contributed by atoms with Gasteiger partial charge in [-0.3, -0.25) is 0 Å². The van der Waals surface area contributed by atoms with E-state index < -0.39 is 5.82 Å². The van der Waals surface area contributed by atoms with Crippen LogP contribution in [0.2, 0.25) is 0 Å². The Hall–Kier alpha value is -3.65. The van der Waals surface area contributed by atoms with E-state index in [4.69, 9.17) is 5.73 Å². The number of aromatic nitrogens is 3. The van der Waals surface area contributed by atoms with Crippen LogP contribution in [0, 0.1) is 17.7 Å². The molecule has 120 valence electrons. The Labute approximate surface area is 143 Å². The van der Waals surface area contributed by atoms with E-state index >= 15 is 0 Å². The molecule has 0 aliphatic carbocycles. The van der Waals surface area contributed by atoms with Crippen molar-refractivity contribution < 1.29 is 4.39 Å². The minimum Gasteiger partial charge on any atom is -0.396 e. The number of halogens is 1. The topological polar surface area (TPSA) is 56.2 Å². The maximum Gasteiger partial charge on any atom is 0.169 e. The molecule has 0 fully saturated rings. The van der Waals surface area contributed by atoms with Crippen LogP contribution in [0.3, 0.4) is 0 Å². The average molecular weight is 328 g/mol. The maximum absolute atomic E-state index is 13.3. The summed E-state index contributed by atoms with van der Waals surface area (Å²) in [5.74, 6) is 5.66. The van der Waals surface area contributed by atoms with Gasteiger partial charge in [0, 0.05) is 23.5 Å². The summed E-state index contributed by atoms with van der Waals surface area (Å²) in [6, 6.07) is 16.2. The average Bonchev–Trinajstić information content (AvgIpc) is 3.12. The molecule has 0 aliphatic rings. The summed E-state index contributed by atoms with van der Waals surface area (Å²) in [6.45, 7) is 0. The lowest BCUT2D eigenvalue weighted by molar-refractivity contribution is 0.632. The van der Waals surface area contributed by atoms with Crippen molar-refractivity contribution in [3.8, 4) is 23.1 Å². The molecule has 4 rings (SSSR count). The Morgan fingerprint density at radius 3 is 2.64 bits per heavy atom. The number of anilines is 1. The molecule has 0 spiro atoms. The smallest absolute Gasteiger partial charge is 0.169 e. The highest BCUT2D eigenvalue weighted by Gasteiger charge is 2.07. The maximum atomic E-state index is 13.3. The summed E-state index contributed by atoms with van der Waals surface area (Å²) in [6.07, 6.45) is 3.46. The molecule has 0 radical (unpaired) electrons. The van der Waals surface area contributed by atoms with Crippen molar-refractivity contribution in [2.45, 2.75) is 0 Å². The largest absolute Gasteiger partial charge is 0.396 e. The molecule has 4 nitrogen and oxygen atoms in total. The van der Waals surface area contributed by atoms with Gasteiger partial charge in [0.25, 0.3) is 0 Å². The molecule has 0 saturated heterocycles. The molecule has 0 aliphatic heterocycles. The van der Waals surface area contributed by atoms with E-state index in [-0.39, 0.29) is 5.69 Å². The number of hydrogen-bond donors (Lipinski definition) is 1. The van der Waals surface area contributed by atoms with Gasteiger partial charge in [-0.2, -0.15) is 5.10 Å². The SMILES string of the molecule is Nc1cc(C#Cc2cc(-c3ccccc3)nn3ccnc23)ccc1F. The summed E-state index contributed by atoms with van der Waals surface area (Å²) < 4.78 is 15.0. The molecule has 2 heterocycles. The quantitative estimate of drug-likeness (QED) is 0.430. The first-order valence-electron chi connectivity index (χ1n) is 7.67. The third-order valence-electron chi connectivity index (χ3n) is 3.77. The first-order valence-corrected chi connectivity index (χ1v) is 7.67. The second-order valence-corrected chi connectivity index (χ2v) is 5.49. The third-order valence-corrected chi connectivity index (χ3v) is 3.77. The van der Waals surface area contributed by atoms with Gasteiger partial charge in [0.15, 0.2) is 5.65 Å². The molecule has 0 bridgehead atoms. The van der Waals surface area contributed by atoms with Gasteiger partial charge in [-0.05, 0) is 24.3 Å². The fourth-order valence-corrected chi connectivity index (χ4v) is 2.52. The van der Waals surface area contributed by atoms with E-state index in [0.29, 0.717) is 11.2 Å². The predicted molar refractivity (Wildman–Crippen MR) is 95.2 cm³/mol. The van der Waals surface area contributed by atoms with Crippen LogP contribution in [0.4, 0.5) is 10.1 Å². The van der Waals surface area contributed by atoms with Crippen molar-refractivity contribution in [2.75, 3.05) is 5.73 Å². The molecule has 0 amide bonds. The number of nitrogen functional groups attached to an aromatic ring is 1. The van der Waals surface area contributed by atoms with Crippen LogP contribution in [-0.4, -0.2) is 14.6 Å². The zero-order valence-electron chi connectivity index (χ0n) is 13.1. The fourth-order valence-electron chi connectivity index (χ4n) is 2.52. The van der Waals surface area contributed by atoms with Gasteiger partial charge in [-0.25, -0.2) is 13.9 Å². The highest BCUT2D eigenvalue weighted by atomic mass is 19.1. The molecule has 2 aromatic heterocycles. The number of hydrogen-bond acceptors (Lipinski definition) is 3. The first-order chi connectivity index (χ1) is 12.2. The number of nitrogens with two attached hydrogens (primary N) is 1. The van der Waals surface area contributed by atoms with Gasteiger partial charge < -0.3 is 5.73 Å². The van der Waals surface area contributed by atoms with Crippen molar-refractivity contribution in [1.82, 2.24) is 14.6 Å². The molecule has 25 heavy (non-hydrogen) atoms. The van der Waals surface area contributed by atoms with Crippen molar-refractivity contribution in [1.29, 1.82) is 0 Å². The van der Waals surface area contributed by atoms with Crippen molar-refractivity contribution in [2.24, 2.45) is 0 Å². The Morgan fingerprint density at radius 1 is 1.00 bits per heavy atom. The van der Waals surface area contributed by atoms with E-state index in [9.17, 15) is 4.39 Å². The molecule has 4 aromatic rings. The molecule has 2 N–H and O–H groups in total. The van der Waals surface area contributed by atoms with E-state index in [1.165, 1.54) is 12.1 Å². The van der Waals surface area contributed by atoms with Crippen molar-refractivity contribution >= 4 is 11.3 Å². The minimum atomic E-state index is -0.448. The Balaban J connectivity index is 1.83. The lowest BCUT2D eigenvalue weighted by Crippen LogP contribution is -1.97. The van der Waals surface area contributed by atoms with Gasteiger partial charge >= 0.3 is 0 Å². The van der Waals surface area contributed by atoms with Crippen LogP contribution in [0.5, 0.6) is 0 Å². The fraction of sp³-hybridized carbons (Fsp3) is 0. The number of rotatable bonds is 1. The van der Waals surface area contributed by atoms with Crippen LogP contribution in [0.1, 0.15) is 11.1 Å². The first kappa shape index (κ1) is 14.9. The zero-order chi connectivity index (χ0) is 17.2. The molecular formula is C20H13FN4. The van der Waals surface area contributed by atoms with Gasteiger partial charge in [-0.1, -0.05) is 42.2 Å². The highest BCUT2D eigenvalue weighted by Crippen LogP contribution is 2.19. The van der Waals surface area contributed by atoms with Gasteiger partial charge in [-0.15, -0.1) is 0 Å². The van der Waals surface area contributed by atoms with E-state index in [0.717, 1.165) is 16.8 Å². The van der Waals surface area contributed by atoms with Crippen LogP contribution in [0.25, 0.3) is 16.9 Å². The summed E-state index contributed by atoms with van der Waals surface area (Å²) in [5, 5.41) is 4.56. The lowest BCUT2D eigenvalue weighted by Gasteiger charge is -2.03. The number of nitrogens with zero attached hydrogens (tertiary/aromatic N) is 3. The highest BCUT2D eigenvalue weighted by molar-refractivity contribution is 5.67. The summed E-state index contributed by atoms with van der Waals surface area (Å²) in [4.78, 5) is 4.31. The second kappa shape index (κ2) is 6.10. The van der Waals surface area contributed by atoms with E-state index in [1.807, 2.05) is 36.4 Å². The Kier molecular flexibility index (Phi) is 3.64. The van der Waals surface area contributed by atoms with Crippen molar-refractivity contribution in [3.05, 3.63) is 83.9 Å². The monoisotopic (exact) mass is 328 g/mol. The van der Waals surface area contributed by atoms with Crippen molar-refractivity contribution in [3.63, 3.8) is 0 Å². The Morgan fingerprint density at radius 2 is 1.84 bits per heavy atom. The zero-order valence-corrected chi connectivity index (χ0v) is 13.1. The summed E-state index contributed by atoms with van der Waals surface area (Å²) in [7, 11) is 0. The van der Waals surface area contributed by atoms with Crippen LogP contribution in [-0.2, 0) is 0 Å². The lowest BCUT2D eigenvalue weighted by atomic mass is 10.1. The van der Waals surface area contributed by atoms with Gasteiger partial charge in [0.05, 0.1) is 16.9 Å². The van der Waals surface area contributed by atoms with Crippen LogP contribution < -0.4 is 5.73 Å². The van der Waals surface area contributed by atoms with Crippen LogP contribution >= 0.6 is 0 Å². The number of imidazole rings is 1. The molecule has 0 saturated carbocycles. The molecule has 2 aromatic carbocycles. The van der Waals surface area contributed by atoms with E-state index in [2.05, 4.69) is 21.9 Å². The number of fused-ring (bicyclic) bond motifs is 1. The van der Waals surface area contributed by atoms with Crippen LogP contribution in [0.15, 0.2) is 67.0 Å². The third kappa shape index (κ3) is 2.93. The number of benzene rings is 2. The van der Waals surface area contributed by atoms with E-state index in [1.54, 1.807) is 23.0 Å². The summed E-state index contributed by atoms with van der Waals surface area (Å²) in [5.41, 5.74) is 9.52. The summed E-state index contributed by atoms with van der Waals surface area (Å²) >= 11 is 0. The van der Waals surface area contributed by atoms with Gasteiger partial charge in [0.1, 0.15) is 5.82 Å². The molecule has 0 unspecified atom stereocenters.